The average Bonchev–Trinajstić information content (AvgIpc) is 3.26. The highest BCUT2D eigenvalue weighted by atomic mass is 19.4. The van der Waals surface area contributed by atoms with Crippen LogP contribution in [0.3, 0.4) is 0 Å². The molecule has 0 unspecified atom stereocenters. The lowest BCUT2D eigenvalue weighted by Gasteiger charge is -2.35. The Hall–Kier alpha value is -6.71. The molecule has 0 radical (unpaired) electrons. The third kappa shape index (κ3) is 9.54. The van der Waals surface area contributed by atoms with Gasteiger partial charge in [-0.2, -0.15) is 40.2 Å². The zero-order valence-electron chi connectivity index (χ0n) is 32.7. The second-order valence-corrected chi connectivity index (χ2v) is 14.2. The number of hydrogen-bond acceptors (Lipinski definition) is 9. The number of nitrogens with zero attached hydrogens (tertiary/aromatic N) is 4. The van der Waals surface area contributed by atoms with E-state index in [1.54, 1.807) is 29.6 Å². The lowest BCUT2D eigenvalue weighted by atomic mass is 9.85. The lowest BCUT2D eigenvalue weighted by Crippen LogP contribution is -2.62. The third-order valence-electron chi connectivity index (χ3n) is 10.2. The first-order chi connectivity index (χ1) is 29.6. The number of carbonyl (C=O) groups is 3. The highest BCUT2D eigenvalue weighted by Gasteiger charge is 2.73. The number of benzene rings is 3. The highest BCUT2D eigenvalue weighted by molar-refractivity contribution is 5.95. The molecule has 3 heterocycles. The lowest BCUT2D eigenvalue weighted by molar-refractivity contribution is -0.337. The first kappa shape index (κ1) is 45.8. The van der Waals surface area contributed by atoms with Crippen molar-refractivity contribution in [2.24, 2.45) is 0 Å². The molecule has 0 aliphatic carbocycles. The molecule has 1 atom stereocenters. The van der Waals surface area contributed by atoms with E-state index in [4.69, 9.17) is 9.47 Å². The number of alkyl halides is 8. The van der Waals surface area contributed by atoms with E-state index in [0.29, 0.717) is 46.4 Å². The number of H-pyrrole nitrogens is 1. The Bertz CT molecular complexity index is 2560. The van der Waals surface area contributed by atoms with Crippen LogP contribution >= 0.6 is 0 Å². The summed E-state index contributed by atoms with van der Waals surface area (Å²) >= 11 is 0. The van der Waals surface area contributed by atoms with Crippen molar-refractivity contribution in [3.05, 3.63) is 129 Å². The predicted molar refractivity (Wildman–Crippen MR) is 203 cm³/mol. The van der Waals surface area contributed by atoms with E-state index in [1.807, 2.05) is 0 Å². The van der Waals surface area contributed by atoms with Gasteiger partial charge in [-0.15, -0.1) is 0 Å². The van der Waals surface area contributed by atoms with Crippen LogP contribution in [0.4, 0.5) is 39.5 Å². The van der Waals surface area contributed by atoms with Crippen LogP contribution in [0.5, 0.6) is 11.6 Å². The summed E-state index contributed by atoms with van der Waals surface area (Å²) in [5, 5.41) is 20.1. The van der Waals surface area contributed by atoms with Crippen molar-refractivity contribution in [2.45, 2.75) is 43.3 Å². The predicted octanol–water partition coefficient (Wildman–Crippen LogP) is 5.53. The van der Waals surface area contributed by atoms with Gasteiger partial charge in [0.05, 0.1) is 42.3 Å². The fourth-order valence-electron chi connectivity index (χ4n) is 6.81. The van der Waals surface area contributed by atoms with E-state index in [9.17, 15) is 63.8 Å². The Morgan fingerprint density at radius 2 is 1.51 bits per heavy atom. The van der Waals surface area contributed by atoms with Crippen LogP contribution in [0.1, 0.15) is 44.7 Å². The second kappa shape index (κ2) is 17.9. The number of ether oxygens (including phenoxy) is 2. The van der Waals surface area contributed by atoms with Gasteiger partial charge in [0.1, 0.15) is 11.6 Å². The van der Waals surface area contributed by atoms with E-state index in [0.717, 1.165) is 25.3 Å². The smallest absolute Gasteiger partial charge is 0.457 e. The van der Waals surface area contributed by atoms with E-state index >= 15 is 0 Å². The van der Waals surface area contributed by atoms with Crippen molar-refractivity contribution in [3.63, 3.8) is 0 Å². The maximum Gasteiger partial charge on any atom is 0.457 e. The number of aromatic nitrogens is 3. The number of hydrogen-bond donors (Lipinski definition) is 3. The number of pyridine rings is 1. The van der Waals surface area contributed by atoms with Crippen LogP contribution in [-0.2, 0) is 34.3 Å². The van der Waals surface area contributed by atoms with Gasteiger partial charge >= 0.3 is 18.3 Å². The maximum absolute atomic E-state index is 14.9. The fraction of sp³-hybridized carbons (Fsp3) is 0.317. The topological polar surface area (TPSA) is 167 Å². The van der Waals surface area contributed by atoms with Gasteiger partial charge in [-0.3, -0.25) is 19.2 Å². The number of carbonyl (C=O) groups excluding carboxylic acids is 3. The molecule has 0 saturated carbocycles. The van der Waals surface area contributed by atoms with Gasteiger partial charge in [-0.1, -0.05) is 36.4 Å². The molecule has 1 aliphatic rings. The largest absolute Gasteiger partial charge is 0.493 e. The van der Waals surface area contributed by atoms with Crippen LogP contribution in [0.2, 0.25) is 0 Å². The SMILES string of the molecule is COc1ncc(C(F)(F)F)cc1CNC(=O)[C@@](O)(c1ccc(OCCC(=O)N2CCN(C(=O)c3cc(Cc4n[nH]c(=O)c5ccccc45)ccc3F)CC2)cc1)C(F)(F)C(F)(F)F. The summed E-state index contributed by atoms with van der Waals surface area (Å²) in [5.41, 5.74) is -7.31. The molecule has 63 heavy (non-hydrogen) atoms. The van der Waals surface area contributed by atoms with E-state index in [-0.39, 0.29) is 62.5 Å². The number of aliphatic hydroxyl groups is 1. The number of fused-ring (bicyclic) bond motifs is 1. The first-order valence-corrected chi connectivity index (χ1v) is 18.8. The number of aromatic amines is 1. The molecule has 1 saturated heterocycles. The van der Waals surface area contributed by atoms with Crippen LogP contribution < -0.4 is 20.3 Å². The summed E-state index contributed by atoms with van der Waals surface area (Å²) in [7, 11) is 0.978. The summed E-state index contributed by atoms with van der Waals surface area (Å²) in [4.78, 5) is 57.8. The Morgan fingerprint density at radius 3 is 2.14 bits per heavy atom. The number of rotatable bonds is 13. The first-order valence-electron chi connectivity index (χ1n) is 18.8. The van der Waals surface area contributed by atoms with Gasteiger partial charge in [0.15, 0.2) is 0 Å². The van der Waals surface area contributed by atoms with Crippen LogP contribution in [0, 0.1) is 5.82 Å². The molecule has 5 aromatic rings. The number of nitrogens with one attached hydrogen (secondary N) is 2. The summed E-state index contributed by atoms with van der Waals surface area (Å²) in [6.07, 6.45) is -11.1. The number of amides is 3. The van der Waals surface area contributed by atoms with E-state index < -0.39 is 76.5 Å². The Kier molecular flexibility index (Phi) is 13.0. The molecule has 3 amide bonds. The monoisotopic (exact) mass is 894 g/mol. The zero-order valence-corrected chi connectivity index (χ0v) is 32.7. The van der Waals surface area contributed by atoms with Crippen molar-refractivity contribution in [1.82, 2.24) is 30.3 Å². The minimum absolute atomic E-state index is 0.0477. The van der Waals surface area contributed by atoms with Gasteiger partial charge in [0.2, 0.25) is 17.4 Å². The van der Waals surface area contributed by atoms with Crippen molar-refractivity contribution in [1.29, 1.82) is 0 Å². The molecular weight excluding hydrogens is 859 g/mol. The summed E-state index contributed by atoms with van der Waals surface area (Å²) < 4.78 is 136. The number of halogens is 9. The van der Waals surface area contributed by atoms with Gasteiger partial charge in [0, 0.05) is 56.3 Å². The van der Waals surface area contributed by atoms with Crippen molar-refractivity contribution >= 4 is 28.5 Å². The van der Waals surface area contributed by atoms with Crippen LogP contribution in [0.15, 0.2) is 83.8 Å². The maximum atomic E-state index is 14.9. The van der Waals surface area contributed by atoms with Gasteiger partial charge in [0.25, 0.3) is 17.4 Å². The molecule has 22 heteroatoms. The third-order valence-corrected chi connectivity index (χ3v) is 10.2. The van der Waals surface area contributed by atoms with Crippen LogP contribution in [0.25, 0.3) is 10.8 Å². The van der Waals surface area contributed by atoms with Gasteiger partial charge in [-0.05, 0) is 47.5 Å². The molecule has 0 spiro atoms. The molecule has 2 aromatic heterocycles. The minimum atomic E-state index is -6.50. The molecule has 0 bridgehead atoms. The molecule has 3 aromatic carbocycles. The van der Waals surface area contributed by atoms with E-state index in [1.165, 1.54) is 21.9 Å². The average molecular weight is 895 g/mol. The molecule has 13 nitrogen and oxygen atoms in total. The molecule has 1 fully saturated rings. The number of piperazine rings is 1. The van der Waals surface area contributed by atoms with Crippen molar-refractivity contribution in [3.8, 4) is 11.6 Å². The Labute approximate surface area is 350 Å². The second-order valence-electron chi connectivity index (χ2n) is 14.2. The summed E-state index contributed by atoms with van der Waals surface area (Å²) in [6.45, 7) is -1.21. The Morgan fingerprint density at radius 1 is 0.857 bits per heavy atom. The summed E-state index contributed by atoms with van der Waals surface area (Å²) in [6, 6.07) is 14.1. The fourth-order valence-corrected chi connectivity index (χ4v) is 6.81. The molecule has 3 N–H and O–H groups in total. The van der Waals surface area contributed by atoms with Crippen LogP contribution in [-0.4, -0.2) is 99.8 Å². The van der Waals surface area contributed by atoms with Crippen molar-refractivity contribution < 1.29 is 68.5 Å². The molecule has 1 aliphatic heterocycles. The quantitative estimate of drug-likeness (QED) is 0.129. The molecular formula is C41H35F9N6O7. The normalized spacial score (nSPS) is 14.6. The number of methoxy groups -OCH3 is 1. The molecule has 334 valence electrons. The highest BCUT2D eigenvalue weighted by Crippen LogP contribution is 2.49. The standard InChI is InChI=1S/C41H35F9N6O7/c1-62-35-24(20-26(22-51-35)39(43,44)45)21-52-37(60)38(61,40(46,47)41(48,49)50)25-7-9-27(10-8-25)63-17-12-33(57)55-13-15-56(16-14-55)36(59)30-18-23(6-11-31(30)42)19-32-28-4-2-3-5-29(28)34(58)54-53-32/h2-11,18,20,22,61H,12-17,19,21H2,1H3,(H,52,60)(H,54,58)/t38-/m0/s1. The zero-order chi connectivity index (χ0) is 45.9. The van der Waals surface area contributed by atoms with E-state index in [2.05, 4.69) is 15.2 Å². The molecule has 6 rings (SSSR count). The summed E-state index contributed by atoms with van der Waals surface area (Å²) in [5.74, 6) is -11.0. The Balaban J connectivity index is 1.05. The van der Waals surface area contributed by atoms with Gasteiger partial charge in [-0.25, -0.2) is 14.5 Å². The van der Waals surface area contributed by atoms with Crippen molar-refractivity contribution in [2.75, 3.05) is 39.9 Å². The van der Waals surface area contributed by atoms with Gasteiger partial charge < -0.3 is 29.7 Å². The minimum Gasteiger partial charge on any atom is -0.493 e.